The van der Waals surface area contributed by atoms with Crippen molar-refractivity contribution in [1.29, 1.82) is 0 Å². The second-order valence-electron chi connectivity index (χ2n) is 12.9. The number of fused-ring (bicyclic) bond motifs is 5. The first kappa shape index (κ1) is 27.4. The standard InChI is InChI=1S/C29H47NO6/c1-16(7-10-26(33)34-6)21-8-9-22-27-23(15-25(29(21,22)5)36-18(3)32)28(4)12-11-20(30)13-19(28)14-24(27)35-17(2)31/h16,19-25,27H,7-15,30H2,1-6H3/t16-,19?,20+,21-,22+,23+,24-,25+,27+,28+,29-/m1/s1. The molecule has 0 aromatic rings. The molecule has 0 spiro atoms. The van der Waals surface area contributed by atoms with Crippen LogP contribution in [0.15, 0.2) is 0 Å². The van der Waals surface area contributed by atoms with E-state index >= 15 is 0 Å². The lowest BCUT2D eigenvalue weighted by Crippen LogP contribution is -2.63. The molecule has 0 amide bonds. The normalized spacial score (nSPS) is 44.4. The van der Waals surface area contributed by atoms with Gasteiger partial charge in [-0.15, -0.1) is 0 Å². The Kier molecular flexibility index (Phi) is 7.81. The number of carbonyl (C=O) groups is 3. The molecule has 36 heavy (non-hydrogen) atoms. The summed E-state index contributed by atoms with van der Waals surface area (Å²) in [6.07, 6.45) is 7.63. The Labute approximate surface area is 216 Å². The van der Waals surface area contributed by atoms with Crippen LogP contribution in [-0.4, -0.2) is 43.3 Å². The summed E-state index contributed by atoms with van der Waals surface area (Å²) in [5, 5.41) is 0. The van der Waals surface area contributed by atoms with Crippen LogP contribution < -0.4 is 5.73 Å². The number of carbonyl (C=O) groups excluding carboxylic acids is 3. The summed E-state index contributed by atoms with van der Waals surface area (Å²) in [5.74, 6) is 1.26. The SMILES string of the molecule is COC(=O)CC[C@@H](C)[C@H]1CC[C@H]2[C@@H]3[C@H](OC(C)=O)CC4C[C@@H](N)CC[C@]4(C)[C@H]3C[C@H](OC(C)=O)[C@]12C. The molecule has 204 valence electrons. The highest BCUT2D eigenvalue weighted by molar-refractivity contribution is 5.69. The van der Waals surface area contributed by atoms with Crippen molar-refractivity contribution < 1.29 is 28.6 Å². The van der Waals surface area contributed by atoms with E-state index in [9.17, 15) is 14.4 Å². The summed E-state index contributed by atoms with van der Waals surface area (Å²) >= 11 is 0. The summed E-state index contributed by atoms with van der Waals surface area (Å²) in [5.41, 5.74) is 6.29. The largest absolute Gasteiger partial charge is 0.469 e. The summed E-state index contributed by atoms with van der Waals surface area (Å²) in [4.78, 5) is 36.5. The van der Waals surface area contributed by atoms with Gasteiger partial charge in [-0.05, 0) is 86.4 Å². The maximum atomic E-state index is 12.4. The Balaban J connectivity index is 1.71. The molecule has 7 nitrogen and oxygen atoms in total. The monoisotopic (exact) mass is 505 g/mol. The van der Waals surface area contributed by atoms with E-state index in [1.165, 1.54) is 21.0 Å². The highest BCUT2D eigenvalue weighted by atomic mass is 16.5. The molecule has 4 aliphatic rings. The van der Waals surface area contributed by atoms with E-state index in [0.717, 1.165) is 51.4 Å². The summed E-state index contributed by atoms with van der Waals surface area (Å²) < 4.78 is 17.2. The van der Waals surface area contributed by atoms with Gasteiger partial charge < -0.3 is 19.9 Å². The Hall–Kier alpha value is -1.63. The van der Waals surface area contributed by atoms with Crippen molar-refractivity contribution in [2.75, 3.05) is 7.11 Å². The summed E-state index contributed by atoms with van der Waals surface area (Å²) in [7, 11) is 1.43. The molecular formula is C29H47NO6. The van der Waals surface area contributed by atoms with Crippen LogP contribution in [0.3, 0.4) is 0 Å². The number of nitrogens with two attached hydrogens (primary N) is 1. The van der Waals surface area contributed by atoms with E-state index in [4.69, 9.17) is 19.9 Å². The first-order valence-corrected chi connectivity index (χ1v) is 14.1. The van der Waals surface area contributed by atoms with E-state index in [0.29, 0.717) is 36.0 Å². The molecule has 0 heterocycles. The second-order valence-corrected chi connectivity index (χ2v) is 12.9. The number of methoxy groups -OCH3 is 1. The minimum Gasteiger partial charge on any atom is -0.469 e. The van der Waals surface area contributed by atoms with Crippen molar-refractivity contribution in [1.82, 2.24) is 0 Å². The van der Waals surface area contributed by atoms with Crippen molar-refractivity contribution in [2.45, 2.75) is 111 Å². The average Bonchev–Trinajstić information content (AvgIpc) is 3.16. The van der Waals surface area contributed by atoms with Gasteiger partial charge in [0.15, 0.2) is 0 Å². The lowest BCUT2D eigenvalue weighted by Gasteiger charge is -2.64. The zero-order chi connectivity index (χ0) is 26.4. The molecule has 0 bridgehead atoms. The molecule has 0 aromatic carbocycles. The second kappa shape index (κ2) is 10.3. The number of rotatable bonds is 6. The van der Waals surface area contributed by atoms with Crippen molar-refractivity contribution >= 4 is 17.9 Å². The molecule has 4 saturated carbocycles. The highest BCUT2D eigenvalue weighted by Crippen LogP contribution is 2.69. The third-order valence-electron chi connectivity index (χ3n) is 11.2. The van der Waals surface area contributed by atoms with Crippen molar-refractivity contribution in [3.05, 3.63) is 0 Å². The van der Waals surface area contributed by atoms with Gasteiger partial charge in [-0.1, -0.05) is 20.8 Å². The topological polar surface area (TPSA) is 105 Å². The minimum atomic E-state index is -0.231. The molecule has 4 aliphatic carbocycles. The van der Waals surface area contributed by atoms with E-state index < -0.39 is 0 Å². The van der Waals surface area contributed by atoms with Crippen LogP contribution in [0.1, 0.15) is 92.4 Å². The number of hydrogen-bond donors (Lipinski definition) is 1. The molecule has 4 rings (SSSR count). The van der Waals surface area contributed by atoms with Crippen LogP contribution >= 0.6 is 0 Å². The number of ether oxygens (including phenoxy) is 3. The third kappa shape index (κ3) is 4.69. The average molecular weight is 506 g/mol. The van der Waals surface area contributed by atoms with Gasteiger partial charge in [0, 0.05) is 37.6 Å². The van der Waals surface area contributed by atoms with Crippen LogP contribution in [0.25, 0.3) is 0 Å². The third-order valence-corrected chi connectivity index (χ3v) is 11.2. The first-order chi connectivity index (χ1) is 16.9. The van der Waals surface area contributed by atoms with Gasteiger partial charge >= 0.3 is 17.9 Å². The first-order valence-electron chi connectivity index (χ1n) is 14.1. The van der Waals surface area contributed by atoms with Gasteiger partial charge in [0.2, 0.25) is 0 Å². The van der Waals surface area contributed by atoms with E-state index in [1.807, 2.05) is 0 Å². The molecular weight excluding hydrogens is 458 g/mol. The maximum absolute atomic E-state index is 12.4. The fourth-order valence-electron chi connectivity index (χ4n) is 9.50. The number of esters is 3. The molecule has 2 N–H and O–H groups in total. The van der Waals surface area contributed by atoms with Crippen molar-refractivity contribution in [3.63, 3.8) is 0 Å². The van der Waals surface area contributed by atoms with E-state index in [2.05, 4.69) is 20.8 Å². The Morgan fingerprint density at radius 1 is 0.972 bits per heavy atom. The smallest absolute Gasteiger partial charge is 0.305 e. The van der Waals surface area contributed by atoms with E-state index in [1.54, 1.807) is 0 Å². The Bertz CT molecular complexity index is 861. The lowest BCUT2D eigenvalue weighted by atomic mass is 9.43. The Morgan fingerprint density at radius 3 is 2.31 bits per heavy atom. The van der Waals surface area contributed by atoms with Gasteiger partial charge in [0.05, 0.1) is 7.11 Å². The van der Waals surface area contributed by atoms with Crippen LogP contribution in [0.5, 0.6) is 0 Å². The molecule has 0 aliphatic heterocycles. The molecule has 0 aromatic heterocycles. The maximum Gasteiger partial charge on any atom is 0.305 e. The predicted octanol–water partition coefficient (Wildman–Crippen LogP) is 4.65. The highest BCUT2D eigenvalue weighted by Gasteiger charge is 2.67. The fourth-order valence-corrected chi connectivity index (χ4v) is 9.50. The van der Waals surface area contributed by atoms with Crippen molar-refractivity contribution in [2.24, 2.45) is 52.1 Å². The predicted molar refractivity (Wildman–Crippen MR) is 135 cm³/mol. The van der Waals surface area contributed by atoms with E-state index in [-0.39, 0.29) is 52.9 Å². The molecule has 4 fully saturated rings. The molecule has 7 heteroatoms. The Morgan fingerprint density at radius 2 is 1.67 bits per heavy atom. The molecule has 0 radical (unpaired) electrons. The van der Waals surface area contributed by atoms with Gasteiger partial charge in [0.1, 0.15) is 12.2 Å². The molecule has 1 unspecified atom stereocenters. The summed E-state index contributed by atoms with van der Waals surface area (Å²) in [6, 6.07) is 0.197. The molecule has 0 saturated heterocycles. The number of hydrogen-bond acceptors (Lipinski definition) is 7. The van der Waals surface area contributed by atoms with Crippen LogP contribution in [0.4, 0.5) is 0 Å². The van der Waals surface area contributed by atoms with Crippen LogP contribution in [0.2, 0.25) is 0 Å². The van der Waals surface area contributed by atoms with Gasteiger partial charge in [-0.3, -0.25) is 14.4 Å². The van der Waals surface area contributed by atoms with Crippen molar-refractivity contribution in [3.8, 4) is 0 Å². The zero-order valence-corrected chi connectivity index (χ0v) is 23.1. The molecule has 11 atom stereocenters. The van der Waals surface area contributed by atoms with Crippen LogP contribution in [-0.2, 0) is 28.6 Å². The van der Waals surface area contributed by atoms with Gasteiger partial charge in [0.25, 0.3) is 0 Å². The van der Waals surface area contributed by atoms with Gasteiger partial charge in [-0.25, -0.2) is 0 Å². The lowest BCUT2D eigenvalue weighted by molar-refractivity contribution is -0.220. The summed E-state index contributed by atoms with van der Waals surface area (Å²) in [6.45, 7) is 9.99. The van der Waals surface area contributed by atoms with Gasteiger partial charge in [-0.2, -0.15) is 0 Å². The van der Waals surface area contributed by atoms with Crippen LogP contribution in [0, 0.1) is 46.3 Å². The quantitative estimate of drug-likeness (QED) is 0.414. The zero-order valence-electron chi connectivity index (χ0n) is 23.1. The fraction of sp³-hybridized carbons (Fsp3) is 0.897. The minimum absolute atomic E-state index is 0.103.